The van der Waals surface area contributed by atoms with Crippen LogP contribution in [0.15, 0.2) is 42.5 Å². The summed E-state index contributed by atoms with van der Waals surface area (Å²) < 4.78 is 13.9. The lowest BCUT2D eigenvalue weighted by molar-refractivity contribution is -0.116. The van der Waals surface area contributed by atoms with Crippen LogP contribution in [0.4, 0.5) is 15.8 Å². The lowest BCUT2D eigenvalue weighted by Crippen LogP contribution is -2.28. The minimum absolute atomic E-state index is 0.0587. The first kappa shape index (κ1) is 18.7. The van der Waals surface area contributed by atoms with Crippen LogP contribution in [-0.4, -0.2) is 22.9 Å². The highest BCUT2D eigenvalue weighted by Gasteiger charge is 2.34. The fourth-order valence-electron chi connectivity index (χ4n) is 2.65. The van der Waals surface area contributed by atoms with Crippen LogP contribution in [0.5, 0.6) is 0 Å². The molecule has 26 heavy (non-hydrogen) atoms. The van der Waals surface area contributed by atoms with Crippen LogP contribution >= 0.6 is 23.4 Å². The molecule has 1 aliphatic heterocycles. The number of aryl methyl sites for hydroxylation is 1. The van der Waals surface area contributed by atoms with E-state index in [1.54, 1.807) is 43.0 Å². The number of hydrogen-bond donors (Lipinski definition) is 1. The maximum absolute atomic E-state index is 13.9. The van der Waals surface area contributed by atoms with Gasteiger partial charge in [0.1, 0.15) is 16.6 Å². The maximum atomic E-state index is 13.9. The quantitative estimate of drug-likeness (QED) is 0.780. The molecule has 1 aliphatic rings. The van der Waals surface area contributed by atoms with Crippen LogP contribution in [0.2, 0.25) is 0 Å². The topological polar surface area (TPSA) is 49.4 Å². The number of nitrogens with one attached hydrogen (secondary N) is 1. The van der Waals surface area contributed by atoms with Crippen LogP contribution in [-0.2, 0) is 9.59 Å². The van der Waals surface area contributed by atoms with Crippen LogP contribution < -0.4 is 10.2 Å². The molecular weight excluding hydrogens is 375 g/mol. The highest BCUT2D eigenvalue weighted by atomic mass is 35.5. The lowest BCUT2D eigenvalue weighted by Gasteiger charge is -2.25. The van der Waals surface area contributed by atoms with Gasteiger partial charge in [0.15, 0.2) is 0 Å². The van der Waals surface area contributed by atoms with Crippen molar-refractivity contribution in [3.05, 3.63) is 59.4 Å². The van der Waals surface area contributed by atoms with E-state index in [0.29, 0.717) is 22.7 Å². The molecule has 0 aliphatic carbocycles. The van der Waals surface area contributed by atoms with Gasteiger partial charge in [-0.2, -0.15) is 0 Å². The Morgan fingerprint density at radius 1 is 1.31 bits per heavy atom. The largest absolute Gasteiger partial charge is 0.325 e. The van der Waals surface area contributed by atoms with Gasteiger partial charge in [-0.1, -0.05) is 18.2 Å². The van der Waals surface area contributed by atoms with E-state index in [1.165, 1.54) is 17.8 Å². The minimum atomic E-state index is -0.621. The summed E-state index contributed by atoms with van der Waals surface area (Å²) in [5.41, 5.74) is 2.62. The summed E-state index contributed by atoms with van der Waals surface area (Å²) in [6.07, 6.45) is 0. The molecular formula is C19H18ClFN2O2S. The monoisotopic (exact) mass is 392 g/mol. The molecule has 7 heteroatoms. The Hall–Kier alpha value is -2.05. The third kappa shape index (κ3) is 3.86. The molecule has 1 heterocycles. The number of amides is 2. The predicted molar refractivity (Wildman–Crippen MR) is 104 cm³/mol. The van der Waals surface area contributed by atoms with Gasteiger partial charge in [0.25, 0.3) is 0 Å². The standard InChI is InChI=1S/C19H18ClFN2O2S/c1-11-3-8-15(9-16(11)21)23-17(24)10-26-19(23)13-4-6-14(7-5-13)22-18(25)12(2)20/h3-9,12,19H,10H2,1-2H3,(H,22,25)/t12-,19+/m0/s1. The smallest absolute Gasteiger partial charge is 0.242 e. The van der Waals surface area contributed by atoms with Gasteiger partial charge in [-0.05, 0) is 49.2 Å². The molecule has 1 N–H and O–H groups in total. The summed E-state index contributed by atoms with van der Waals surface area (Å²) >= 11 is 7.24. The molecule has 136 valence electrons. The lowest BCUT2D eigenvalue weighted by atomic mass is 10.1. The van der Waals surface area contributed by atoms with E-state index in [0.717, 1.165) is 5.56 Å². The Bertz CT molecular complexity index is 842. The van der Waals surface area contributed by atoms with Crippen LogP contribution in [0.1, 0.15) is 23.4 Å². The van der Waals surface area contributed by atoms with Gasteiger partial charge >= 0.3 is 0 Å². The first-order valence-corrected chi connectivity index (χ1v) is 9.60. The first-order chi connectivity index (χ1) is 12.4. The summed E-state index contributed by atoms with van der Waals surface area (Å²) in [5, 5.41) is 1.86. The number of thioether (sulfide) groups is 1. The van der Waals surface area contributed by atoms with E-state index >= 15 is 0 Å². The SMILES string of the molecule is Cc1ccc(N2C(=O)CS[C@@H]2c2ccc(NC(=O)[C@H](C)Cl)cc2)cc1F. The van der Waals surface area contributed by atoms with Crippen molar-refractivity contribution in [2.75, 3.05) is 16.0 Å². The molecule has 2 atom stereocenters. The molecule has 0 bridgehead atoms. The van der Waals surface area contributed by atoms with Crippen molar-refractivity contribution in [1.29, 1.82) is 0 Å². The molecule has 0 saturated carbocycles. The molecule has 0 unspecified atom stereocenters. The fourth-order valence-corrected chi connectivity index (χ4v) is 3.89. The number of nitrogens with zero attached hydrogens (tertiary/aromatic N) is 1. The molecule has 2 amide bonds. The van der Waals surface area contributed by atoms with Crippen molar-refractivity contribution in [1.82, 2.24) is 0 Å². The van der Waals surface area contributed by atoms with Crippen molar-refractivity contribution >= 4 is 46.6 Å². The average Bonchev–Trinajstić information content (AvgIpc) is 2.99. The predicted octanol–water partition coefficient (Wildman–Crippen LogP) is 4.48. The first-order valence-electron chi connectivity index (χ1n) is 8.11. The van der Waals surface area contributed by atoms with E-state index in [2.05, 4.69) is 5.32 Å². The molecule has 0 radical (unpaired) electrons. The normalized spacial score (nSPS) is 18.1. The molecule has 2 aromatic rings. The summed E-state index contributed by atoms with van der Waals surface area (Å²) in [6, 6.07) is 12.1. The van der Waals surface area contributed by atoms with Gasteiger partial charge in [-0.25, -0.2) is 4.39 Å². The van der Waals surface area contributed by atoms with Gasteiger partial charge < -0.3 is 5.32 Å². The zero-order chi connectivity index (χ0) is 18.8. The van der Waals surface area contributed by atoms with Gasteiger partial charge in [0.05, 0.1) is 5.75 Å². The van der Waals surface area contributed by atoms with E-state index in [-0.39, 0.29) is 23.0 Å². The number of hydrogen-bond acceptors (Lipinski definition) is 3. The second-order valence-electron chi connectivity index (χ2n) is 6.09. The van der Waals surface area contributed by atoms with Crippen LogP contribution in [0.3, 0.4) is 0 Å². The van der Waals surface area contributed by atoms with Crippen LogP contribution in [0, 0.1) is 12.7 Å². The summed E-state index contributed by atoms with van der Waals surface area (Å²) in [5.74, 6) is -0.333. The highest BCUT2D eigenvalue weighted by Crippen LogP contribution is 2.42. The second kappa shape index (κ2) is 7.68. The number of carbonyl (C=O) groups excluding carboxylic acids is 2. The third-order valence-electron chi connectivity index (χ3n) is 4.13. The van der Waals surface area contributed by atoms with Crippen molar-refractivity contribution in [3.63, 3.8) is 0 Å². The number of anilines is 2. The number of carbonyl (C=O) groups is 2. The van der Waals surface area contributed by atoms with Crippen molar-refractivity contribution in [2.24, 2.45) is 0 Å². The van der Waals surface area contributed by atoms with Crippen molar-refractivity contribution < 1.29 is 14.0 Å². The van der Waals surface area contributed by atoms with E-state index in [4.69, 9.17) is 11.6 Å². The van der Waals surface area contributed by atoms with Crippen molar-refractivity contribution in [3.8, 4) is 0 Å². The van der Waals surface area contributed by atoms with E-state index in [9.17, 15) is 14.0 Å². The van der Waals surface area contributed by atoms with E-state index < -0.39 is 5.38 Å². The zero-order valence-electron chi connectivity index (χ0n) is 14.3. The minimum Gasteiger partial charge on any atom is -0.325 e. The summed E-state index contributed by atoms with van der Waals surface area (Å²) in [4.78, 5) is 25.6. The van der Waals surface area contributed by atoms with Crippen molar-refractivity contribution in [2.45, 2.75) is 24.6 Å². The molecule has 4 nitrogen and oxygen atoms in total. The molecule has 1 fully saturated rings. The number of halogens is 2. The Morgan fingerprint density at radius 2 is 2.00 bits per heavy atom. The Labute approximate surface area is 160 Å². The van der Waals surface area contributed by atoms with Gasteiger partial charge in [0, 0.05) is 11.4 Å². The molecule has 0 spiro atoms. The third-order valence-corrected chi connectivity index (χ3v) is 5.54. The zero-order valence-corrected chi connectivity index (χ0v) is 15.9. The maximum Gasteiger partial charge on any atom is 0.242 e. The Morgan fingerprint density at radius 3 is 2.62 bits per heavy atom. The fraction of sp³-hybridized carbons (Fsp3) is 0.263. The van der Waals surface area contributed by atoms with Crippen LogP contribution in [0.25, 0.3) is 0 Å². The Kier molecular flexibility index (Phi) is 5.53. The molecule has 3 rings (SSSR count). The molecule has 0 aromatic heterocycles. The number of benzene rings is 2. The number of rotatable bonds is 4. The Balaban J connectivity index is 1.84. The van der Waals surface area contributed by atoms with E-state index in [1.807, 2.05) is 12.1 Å². The molecule has 2 aromatic carbocycles. The summed E-state index contributed by atoms with van der Waals surface area (Å²) in [6.45, 7) is 3.29. The van der Waals surface area contributed by atoms with Gasteiger partial charge in [-0.15, -0.1) is 23.4 Å². The summed E-state index contributed by atoms with van der Waals surface area (Å²) in [7, 11) is 0. The molecule has 1 saturated heterocycles. The average molecular weight is 393 g/mol. The highest BCUT2D eigenvalue weighted by molar-refractivity contribution is 8.00. The number of alkyl halides is 1. The second-order valence-corrected chi connectivity index (χ2v) is 7.81. The van der Waals surface area contributed by atoms with Gasteiger partial charge in [-0.3, -0.25) is 14.5 Å². The van der Waals surface area contributed by atoms with Gasteiger partial charge in [0.2, 0.25) is 11.8 Å².